The number of anilines is 2. The second-order valence-corrected chi connectivity index (χ2v) is 5.08. The molecular weight excluding hydrogens is 276 g/mol. The quantitative estimate of drug-likeness (QED) is 0.614. The lowest BCUT2D eigenvalue weighted by atomic mass is 10.1. The summed E-state index contributed by atoms with van der Waals surface area (Å²) in [6, 6.07) is 15.2. The number of carbonyl (C=O) groups excluding carboxylic acids is 1. The van der Waals surface area contributed by atoms with E-state index in [2.05, 4.69) is 10.6 Å². The Labute approximate surface area is 130 Å². The zero-order valence-corrected chi connectivity index (χ0v) is 12.5. The van der Waals surface area contributed by atoms with Gasteiger partial charge in [0.25, 0.3) is 0 Å². The number of nitrogens with one attached hydrogen (secondary N) is 2. The van der Waals surface area contributed by atoms with Gasteiger partial charge in [-0.15, -0.1) is 0 Å². The predicted molar refractivity (Wildman–Crippen MR) is 90.5 cm³/mol. The lowest BCUT2D eigenvalue weighted by Crippen LogP contribution is -2.37. The summed E-state index contributed by atoms with van der Waals surface area (Å²) in [7, 11) is 0. The molecule has 6 N–H and O–H groups in total. The maximum atomic E-state index is 11.7. The van der Waals surface area contributed by atoms with Crippen LogP contribution in [0.5, 0.6) is 0 Å². The van der Waals surface area contributed by atoms with Gasteiger partial charge in [-0.2, -0.15) is 0 Å². The molecule has 0 aliphatic heterocycles. The molecule has 5 heteroatoms. The van der Waals surface area contributed by atoms with Crippen molar-refractivity contribution >= 4 is 17.4 Å². The maximum absolute atomic E-state index is 11.7. The average molecular weight is 298 g/mol. The van der Waals surface area contributed by atoms with Crippen LogP contribution < -0.4 is 22.1 Å². The topological polar surface area (TPSA) is 93.2 Å². The van der Waals surface area contributed by atoms with Gasteiger partial charge in [-0.1, -0.05) is 36.4 Å². The first-order valence-corrected chi connectivity index (χ1v) is 7.35. The van der Waals surface area contributed by atoms with Crippen molar-refractivity contribution in [3.63, 3.8) is 0 Å². The third kappa shape index (κ3) is 4.70. The Bertz CT molecular complexity index is 574. The van der Waals surface area contributed by atoms with E-state index in [-0.39, 0.29) is 6.03 Å². The van der Waals surface area contributed by atoms with Gasteiger partial charge >= 0.3 is 6.03 Å². The molecule has 0 unspecified atom stereocenters. The summed E-state index contributed by atoms with van der Waals surface area (Å²) in [6.45, 7) is 1.10. The number of nitrogen functional groups attached to an aromatic ring is 2. The van der Waals surface area contributed by atoms with Crippen LogP contribution in [0.4, 0.5) is 16.2 Å². The Balaban J connectivity index is 1.66. The van der Waals surface area contributed by atoms with Crippen LogP contribution in [0.25, 0.3) is 0 Å². The van der Waals surface area contributed by atoms with Gasteiger partial charge in [0, 0.05) is 24.5 Å². The number of hydrogen-bond acceptors (Lipinski definition) is 3. The van der Waals surface area contributed by atoms with Gasteiger partial charge in [-0.25, -0.2) is 4.79 Å². The lowest BCUT2D eigenvalue weighted by Gasteiger charge is -2.09. The SMILES string of the molecule is Nc1ccccc1CCNC(=O)NCCc1ccccc1N. The molecule has 0 bridgehead atoms. The Hall–Kier alpha value is -2.69. The van der Waals surface area contributed by atoms with Gasteiger partial charge in [-0.05, 0) is 36.1 Å². The van der Waals surface area contributed by atoms with Crippen molar-refractivity contribution in [2.24, 2.45) is 0 Å². The zero-order chi connectivity index (χ0) is 15.8. The van der Waals surface area contributed by atoms with E-state index in [9.17, 15) is 4.79 Å². The zero-order valence-electron chi connectivity index (χ0n) is 12.5. The minimum absolute atomic E-state index is 0.177. The summed E-state index contributed by atoms with van der Waals surface area (Å²) >= 11 is 0. The van der Waals surface area contributed by atoms with Crippen molar-refractivity contribution in [1.29, 1.82) is 0 Å². The van der Waals surface area contributed by atoms with Crippen LogP contribution in [0, 0.1) is 0 Å². The number of rotatable bonds is 6. The van der Waals surface area contributed by atoms with E-state index in [0.717, 1.165) is 22.5 Å². The molecular formula is C17H22N4O. The summed E-state index contributed by atoms with van der Waals surface area (Å²) in [6.07, 6.45) is 1.43. The highest BCUT2D eigenvalue weighted by Crippen LogP contribution is 2.11. The van der Waals surface area contributed by atoms with Crippen molar-refractivity contribution in [3.8, 4) is 0 Å². The molecule has 2 aromatic carbocycles. The Morgan fingerprint density at radius 3 is 1.59 bits per heavy atom. The Morgan fingerprint density at radius 2 is 1.18 bits per heavy atom. The van der Waals surface area contributed by atoms with Crippen molar-refractivity contribution in [1.82, 2.24) is 10.6 Å². The minimum atomic E-state index is -0.177. The highest BCUT2D eigenvalue weighted by Gasteiger charge is 2.02. The largest absolute Gasteiger partial charge is 0.399 e. The fourth-order valence-electron chi connectivity index (χ4n) is 2.21. The third-order valence-electron chi connectivity index (χ3n) is 3.47. The summed E-state index contributed by atoms with van der Waals surface area (Å²) in [5, 5.41) is 5.64. The van der Waals surface area contributed by atoms with E-state index in [4.69, 9.17) is 11.5 Å². The fourth-order valence-corrected chi connectivity index (χ4v) is 2.21. The van der Waals surface area contributed by atoms with Crippen LogP contribution >= 0.6 is 0 Å². The van der Waals surface area contributed by atoms with E-state index >= 15 is 0 Å². The number of hydrogen-bond donors (Lipinski definition) is 4. The fraction of sp³-hybridized carbons (Fsp3) is 0.235. The molecule has 2 aromatic rings. The molecule has 0 heterocycles. The van der Waals surface area contributed by atoms with Crippen LogP contribution in [0.15, 0.2) is 48.5 Å². The Kier molecular flexibility index (Phi) is 5.65. The van der Waals surface area contributed by atoms with Gasteiger partial charge in [0.1, 0.15) is 0 Å². The van der Waals surface area contributed by atoms with Crippen LogP contribution in [0.1, 0.15) is 11.1 Å². The van der Waals surface area contributed by atoms with Crippen LogP contribution in [0.2, 0.25) is 0 Å². The molecule has 2 rings (SSSR count). The van der Waals surface area contributed by atoms with Gasteiger partial charge in [0.15, 0.2) is 0 Å². The second kappa shape index (κ2) is 7.93. The normalized spacial score (nSPS) is 10.2. The first kappa shape index (κ1) is 15.7. The number of amides is 2. The van der Waals surface area contributed by atoms with Gasteiger partial charge in [0.2, 0.25) is 0 Å². The van der Waals surface area contributed by atoms with E-state index in [1.54, 1.807) is 0 Å². The number of urea groups is 1. The van der Waals surface area contributed by atoms with E-state index in [1.807, 2.05) is 48.5 Å². The highest BCUT2D eigenvalue weighted by atomic mass is 16.2. The number of benzene rings is 2. The van der Waals surface area contributed by atoms with Crippen molar-refractivity contribution in [2.45, 2.75) is 12.8 Å². The number of carbonyl (C=O) groups is 1. The minimum Gasteiger partial charge on any atom is -0.399 e. The van der Waals surface area contributed by atoms with E-state index in [0.29, 0.717) is 25.9 Å². The monoisotopic (exact) mass is 298 g/mol. The second-order valence-electron chi connectivity index (χ2n) is 5.08. The molecule has 0 radical (unpaired) electrons. The van der Waals surface area contributed by atoms with Crippen LogP contribution in [-0.2, 0) is 12.8 Å². The van der Waals surface area contributed by atoms with Crippen LogP contribution in [-0.4, -0.2) is 19.1 Å². The molecule has 0 aliphatic carbocycles. The first-order chi connectivity index (χ1) is 10.7. The smallest absolute Gasteiger partial charge is 0.314 e. The third-order valence-corrected chi connectivity index (χ3v) is 3.47. The Morgan fingerprint density at radius 1 is 0.773 bits per heavy atom. The standard InChI is InChI=1S/C17H22N4O/c18-15-7-3-1-5-13(15)9-11-20-17(22)21-12-10-14-6-2-4-8-16(14)19/h1-8H,9-12,18-19H2,(H2,20,21,22). The summed E-state index contributed by atoms with van der Waals surface area (Å²) in [4.78, 5) is 11.7. The molecule has 0 saturated carbocycles. The van der Waals surface area contributed by atoms with E-state index in [1.165, 1.54) is 0 Å². The molecule has 0 saturated heterocycles. The van der Waals surface area contributed by atoms with Crippen LogP contribution in [0.3, 0.4) is 0 Å². The van der Waals surface area contributed by atoms with Gasteiger partial charge in [0.05, 0.1) is 0 Å². The molecule has 0 aliphatic rings. The lowest BCUT2D eigenvalue weighted by molar-refractivity contribution is 0.241. The summed E-state index contributed by atoms with van der Waals surface area (Å²) in [5.74, 6) is 0. The molecule has 2 amide bonds. The highest BCUT2D eigenvalue weighted by molar-refractivity contribution is 5.73. The number of para-hydroxylation sites is 2. The predicted octanol–water partition coefficient (Wildman–Crippen LogP) is 1.94. The van der Waals surface area contributed by atoms with Crippen molar-refractivity contribution in [2.75, 3.05) is 24.6 Å². The summed E-state index contributed by atoms with van der Waals surface area (Å²) in [5.41, 5.74) is 15.3. The first-order valence-electron chi connectivity index (χ1n) is 7.35. The molecule has 0 spiro atoms. The number of nitrogens with two attached hydrogens (primary N) is 2. The molecule has 116 valence electrons. The molecule has 0 atom stereocenters. The van der Waals surface area contributed by atoms with Gasteiger partial charge < -0.3 is 22.1 Å². The van der Waals surface area contributed by atoms with E-state index < -0.39 is 0 Å². The maximum Gasteiger partial charge on any atom is 0.314 e. The van der Waals surface area contributed by atoms with Gasteiger partial charge in [-0.3, -0.25) is 0 Å². The molecule has 5 nitrogen and oxygen atoms in total. The molecule has 22 heavy (non-hydrogen) atoms. The molecule has 0 aromatic heterocycles. The van der Waals surface area contributed by atoms with Crippen molar-refractivity contribution < 1.29 is 4.79 Å². The van der Waals surface area contributed by atoms with Crippen molar-refractivity contribution in [3.05, 3.63) is 59.7 Å². The summed E-state index contributed by atoms with van der Waals surface area (Å²) < 4.78 is 0. The molecule has 0 fully saturated rings. The average Bonchev–Trinajstić information content (AvgIpc) is 2.51.